The van der Waals surface area contributed by atoms with Gasteiger partial charge < -0.3 is 4.57 Å². The Labute approximate surface area is 375 Å². The molecule has 0 spiro atoms. The summed E-state index contributed by atoms with van der Waals surface area (Å²) in [5.41, 5.74) is 17.5. The van der Waals surface area contributed by atoms with Crippen LogP contribution in [0.4, 0.5) is 0 Å². The van der Waals surface area contributed by atoms with Crippen LogP contribution in [0.2, 0.25) is 0 Å². The molecule has 0 radical (unpaired) electrons. The molecule has 1 heterocycles. The number of para-hydroxylation sites is 1. The van der Waals surface area contributed by atoms with Gasteiger partial charge in [0.15, 0.2) is 0 Å². The molecule has 0 N–H and O–H groups in total. The van der Waals surface area contributed by atoms with E-state index < -0.39 is 0 Å². The molecule has 11 aromatic carbocycles. The molecule has 0 saturated carbocycles. The summed E-state index contributed by atoms with van der Waals surface area (Å²) in [5.74, 6) is 0. The highest BCUT2D eigenvalue weighted by Crippen LogP contribution is 2.40. The Bertz CT molecular complexity index is 3680. The van der Waals surface area contributed by atoms with Crippen molar-refractivity contribution in [3.05, 3.63) is 247 Å². The van der Waals surface area contributed by atoms with E-state index in [2.05, 4.69) is 238 Å². The first-order chi connectivity index (χ1) is 31.5. The van der Waals surface area contributed by atoms with Gasteiger partial charge in [-0.15, -0.1) is 0 Å². The summed E-state index contributed by atoms with van der Waals surface area (Å²) in [6.45, 7) is 6.49. The largest absolute Gasteiger partial charge is 0.309 e. The first kappa shape index (κ1) is 38.9. The molecule has 1 heteroatoms. The fourth-order valence-electron chi connectivity index (χ4n) is 9.65. The lowest BCUT2D eigenvalue weighted by Crippen LogP contribution is -1.96. The van der Waals surface area contributed by atoms with Crippen molar-refractivity contribution in [3.63, 3.8) is 0 Å². The number of hydrogen-bond donors (Lipinski definition) is 0. The van der Waals surface area contributed by atoms with E-state index in [1.807, 2.05) is 18.2 Å². The molecule has 1 aromatic heterocycles. The van der Waals surface area contributed by atoms with Crippen molar-refractivity contribution in [2.75, 3.05) is 0 Å². The van der Waals surface area contributed by atoms with Crippen LogP contribution in [0.3, 0.4) is 0 Å². The predicted octanol–water partition coefficient (Wildman–Crippen LogP) is 17.5. The van der Waals surface area contributed by atoms with Gasteiger partial charge in [-0.1, -0.05) is 200 Å². The summed E-state index contributed by atoms with van der Waals surface area (Å²) in [7, 11) is 0. The van der Waals surface area contributed by atoms with Crippen LogP contribution >= 0.6 is 0 Å². The molecule has 12 aromatic rings. The van der Waals surface area contributed by atoms with Crippen molar-refractivity contribution >= 4 is 54.1 Å². The lowest BCUT2D eigenvalue weighted by atomic mass is 9.92. The molecule has 0 fully saturated rings. The number of hydrogen-bond acceptors (Lipinski definition) is 0. The van der Waals surface area contributed by atoms with Gasteiger partial charge >= 0.3 is 0 Å². The zero-order chi connectivity index (χ0) is 43.1. The maximum atomic E-state index is 2.46. The van der Waals surface area contributed by atoms with Gasteiger partial charge in [-0.3, -0.25) is 0 Å². The minimum Gasteiger partial charge on any atom is -0.309 e. The number of rotatable bonds is 5. The van der Waals surface area contributed by atoms with Gasteiger partial charge in [-0.2, -0.15) is 0 Å². The maximum absolute atomic E-state index is 2.46. The summed E-state index contributed by atoms with van der Waals surface area (Å²) in [4.78, 5) is 0. The minimum atomic E-state index is 1.21. The molecule has 1 nitrogen and oxygen atoms in total. The zero-order valence-electron chi connectivity index (χ0n) is 36.4. The summed E-state index contributed by atoms with van der Waals surface area (Å²) < 4.78 is 2.46. The molecule has 64 heavy (non-hydrogen) atoms. The third-order valence-corrected chi connectivity index (χ3v) is 13.0. The van der Waals surface area contributed by atoms with Crippen LogP contribution in [0.5, 0.6) is 0 Å². The predicted molar refractivity (Wildman–Crippen MR) is 276 cm³/mol. The second-order valence-corrected chi connectivity index (χ2v) is 17.1. The average molecular weight is 818 g/mol. The van der Waals surface area contributed by atoms with E-state index in [9.17, 15) is 0 Å². The smallest absolute Gasteiger partial charge is 0.0546 e. The highest BCUT2D eigenvalue weighted by molar-refractivity contribution is 6.15. The minimum absolute atomic E-state index is 1.21. The zero-order valence-corrected chi connectivity index (χ0v) is 36.4. The monoisotopic (exact) mass is 817 g/mol. The lowest BCUT2D eigenvalue weighted by Gasteiger charge is -2.14. The van der Waals surface area contributed by atoms with Gasteiger partial charge in [0.2, 0.25) is 0 Å². The first-order valence-electron chi connectivity index (χ1n) is 22.2. The SMILES string of the molecule is Cc1ccccc1.Cc1ccccc1-c1ccc(-c2ccc3cc(-c4ccc(-c5ccc6c(c5)c5ccccc5n6-c5cc6ccccc6c6ccccc56)cc4)ccc3c2)cc1C. The Balaban J connectivity index is 0.000000598. The van der Waals surface area contributed by atoms with Crippen LogP contribution in [-0.4, -0.2) is 4.57 Å². The van der Waals surface area contributed by atoms with E-state index in [-0.39, 0.29) is 0 Å². The second kappa shape index (κ2) is 16.4. The topological polar surface area (TPSA) is 4.93 Å². The summed E-state index contributed by atoms with van der Waals surface area (Å²) in [6.07, 6.45) is 0. The van der Waals surface area contributed by atoms with Gasteiger partial charge in [0, 0.05) is 16.2 Å². The normalized spacial score (nSPS) is 11.4. The van der Waals surface area contributed by atoms with Crippen molar-refractivity contribution in [3.8, 4) is 50.2 Å². The Hall–Kier alpha value is -8.00. The van der Waals surface area contributed by atoms with Gasteiger partial charge in [0.05, 0.1) is 16.7 Å². The third-order valence-electron chi connectivity index (χ3n) is 13.0. The van der Waals surface area contributed by atoms with Crippen LogP contribution in [0.15, 0.2) is 231 Å². The molecule has 0 aliphatic carbocycles. The van der Waals surface area contributed by atoms with Crippen LogP contribution in [0.25, 0.3) is 104 Å². The first-order valence-corrected chi connectivity index (χ1v) is 22.2. The van der Waals surface area contributed by atoms with Gasteiger partial charge in [0.1, 0.15) is 0 Å². The van der Waals surface area contributed by atoms with Crippen LogP contribution in [0, 0.1) is 20.8 Å². The molecule has 12 rings (SSSR count). The molecule has 0 aliphatic rings. The molecular formula is C63H47N. The molecule has 0 saturated heterocycles. The summed E-state index contributed by atoms with van der Waals surface area (Å²) in [5, 5.41) is 10.1. The van der Waals surface area contributed by atoms with E-state index in [1.54, 1.807) is 0 Å². The van der Waals surface area contributed by atoms with E-state index in [0.29, 0.717) is 0 Å². The molecular weight excluding hydrogens is 771 g/mol. The number of fused-ring (bicyclic) bond motifs is 7. The third kappa shape index (κ3) is 7.12. The second-order valence-electron chi connectivity index (χ2n) is 17.1. The molecule has 0 aliphatic heterocycles. The highest BCUT2D eigenvalue weighted by atomic mass is 15.0. The van der Waals surface area contributed by atoms with Crippen molar-refractivity contribution in [1.29, 1.82) is 0 Å². The Morgan fingerprint density at radius 2 is 0.766 bits per heavy atom. The Kier molecular flexibility index (Phi) is 9.94. The standard InChI is InChI=1S/C56H39N.C7H8/c1-36-11-3-5-13-47(36)48-29-27-40(31-37(48)2)42-25-26-43-32-41(23-24-44(43)33-42)38-19-21-39(22-20-38)45-28-30-55-53(34-45)52-17-9-10-18-54(52)57(55)56-35-46-12-4-6-14-49(46)50-15-7-8-16-51(50)56;1-7-5-3-2-4-6-7/h3-35H,1-2H3;2-6H,1H3. The number of nitrogens with zero attached hydrogens (tertiary/aromatic N) is 1. The fourth-order valence-corrected chi connectivity index (χ4v) is 9.65. The van der Waals surface area contributed by atoms with Crippen molar-refractivity contribution < 1.29 is 0 Å². The van der Waals surface area contributed by atoms with Gasteiger partial charge in [0.25, 0.3) is 0 Å². The number of benzene rings is 11. The fraction of sp³-hybridized carbons (Fsp3) is 0.0476. The van der Waals surface area contributed by atoms with E-state index in [1.165, 1.54) is 121 Å². The molecule has 304 valence electrons. The van der Waals surface area contributed by atoms with Crippen LogP contribution in [-0.2, 0) is 0 Å². The van der Waals surface area contributed by atoms with E-state index in [4.69, 9.17) is 0 Å². The Morgan fingerprint density at radius 1 is 0.266 bits per heavy atom. The summed E-state index contributed by atoms with van der Waals surface area (Å²) in [6, 6.07) is 84.1. The van der Waals surface area contributed by atoms with Crippen molar-refractivity contribution in [2.45, 2.75) is 20.8 Å². The quantitative estimate of drug-likeness (QED) is 0.153. The average Bonchev–Trinajstić information content (AvgIpc) is 3.67. The van der Waals surface area contributed by atoms with Crippen molar-refractivity contribution in [2.24, 2.45) is 0 Å². The van der Waals surface area contributed by atoms with Gasteiger partial charge in [-0.25, -0.2) is 0 Å². The molecule has 0 unspecified atom stereocenters. The summed E-state index contributed by atoms with van der Waals surface area (Å²) >= 11 is 0. The Morgan fingerprint density at radius 3 is 1.45 bits per heavy atom. The number of aryl methyl sites for hydroxylation is 3. The van der Waals surface area contributed by atoms with Crippen LogP contribution < -0.4 is 0 Å². The van der Waals surface area contributed by atoms with E-state index >= 15 is 0 Å². The lowest BCUT2D eigenvalue weighted by molar-refractivity contribution is 1.20. The van der Waals surface area contributed by atoms with Crippen molar-refractivity contribution in [1.82, 2.24) is 4.57 Å². The highest BCUT2D eigenvalue weighted by Gasteiger charge is 2.17. The maximum Gasteiger partial charge on any atom is 0.0546 e. The molecule has 0 amide bonds. The number of aromatic nitrogens is 1. The molecule has 0 atom stereocenters. The van der Waals surface area contributed by atoms with E-state index in [0.717, 1.165) is 0 Å². The van der Waals surface area contributed by atoms with Crippen LogP contribution in [0.1, 0.15) is 16.7 Å². The van der Waals surface area contributed by atoms with Gasteiger partial charge in [-0.05, 0) is 140 Å². The molecule has 0 bridgehead atoms.